The van der Waals surface area contributed by atoms with Gasteiger partial charge >= 0.3 is 0 Å². The van der Waals surface area contributed by atoms with Crippen LogP contribution in [0.2, 0.25) is 0 Å². The quantitative estimate of drug-likeness (QED) is 0.728. The first-order valence-corrected chi connectivity index (χ1v) is 8.06. The minimum atomic E-state index is -0.406. The lowest BCUT2D eigenvalue weighted by Crippen LogP contribution is -2.13. The number of pyridine rings is 1. The molecule has 3 aromatic rings. The van der Waals surface area contributed by atoms with Gasteiger partial charge in [-0.1, -0.05) is 18.2 Å². The van der Waals surface area contributed by atoms with Gasteiger partial charge in [0.25, 0.3) is 0 Å². The predicted molar refractivity (Wildman–Crippen MR) is 96.1 cm³/mol. The summed E-state index contributed by atoms with van der Waals surface area (Å²) in [6.07, 6.45) is 4.54. The summed E-state index contributed by atoms with van der Waals surface area (Å²) in [5.74, 6) is -0.210. The van der Waals surface area contributed by atoms with E-state index in [1.165, 1.54) is 24.3 Å². The molecule has 1 aliphatic rings. The molecule has 0 bridgehead atoms. The second-order valence-corrected chi connectivity index (χ2v) is 5.80. The van der Waals surface area contributed by atoms with Crippen molar-refractivity contribution in [1.29, 1.82) is 0 Å². The van der Waals surface area contributed by atoms with Gasteiger partial charge in [0.1, 0.15) is 11.6 Å². The van der Waals surface area contributed by atoms with E-state index in [9.17, 15) is 9.18 Å². The Morgan fingerprint density at radius 3 is 3.04 bits per heavy atom. The van der Waals surface area contributed by atoms with E-state index in [2.05, 4.69) is 10.3 Å². The minimum absolute atomic E-state index is 0.105. The molecular weight excluding hydrogens is 335 g/mol. The fraction of sp³-hybridized carbons (Fsp3) is 0.100. The normalized spacial score (nSPS) is 13.4. The second-order valence-electron chi connectivity index (χ2n) is 5.80. The van der Waals surface area contributed by atoms with Gasteiger partial charge in [0.2, 0.25) is 5.91 Å². The first kappa shape index (κ1) is 16.2. The molecule has 1 amide bonds. The molecule has 0 saturated heterocycles. The van der Waals surface area contributed by atoms with Crippen molar-refractivity contribution >= 4 is 28.6 Å². The van der Waals surface area contributed by atoms with Gasteiger partial charge < -0.3 is 14.8 Å². The highest BCUT2D eigenvalue weighted by Crippen LogP contribution is 2.30. The summed E-state index contributed by atoms with van der Waals surface area (Å²) < 4.78 is 24.3. The maximum absolute atomic E-state index is 13.7. The number of hydrogen-bond donors (Lipinski definition) is 1. The summed E-state index contributed by atoms with van der Waals surface area (Å²) >= 11 is 0. The van der Waals surface area contributed by atoms with Crippen molar-refractivity contribution in [2.75, 3.05) is 12.1 Å². The van der Waals surface area contributed by atoms with Crippen LogP contribution in [0.5, 0.6) is 5.75 Å². The van der Waals surface area contributed by atoms with Crippen molar-refractivity contribution in [3.05, 3.63) is 71.7 Å². The molecule has 0 atom stereocenters. The Labute approximate surface area is 149 Å². The summed E-state index contributed by atoms with van der Waals surface area (Å²) in [4.78, 5) is 16.6. The van der Waals surface area contributed by atoms with Crippen molar-refractivity contribution in [1.82, 2.24) is 4.98 Å². The van der Waals surface area contributed by atoms with E-state index in [0.717, 1.165) is 5.39 Å². The van der Waals surface area contributed by atoms with Gasteiger partial charge in [-0.05, 0) is 30.3 Å². The van der Waals surface area contributed by atoms with E-state index >= 15 is 0 Å². The average molecular weight is 350 g/mol. The van der Waals surface area contributed by atoms with E-state index < -0.39 is 5.82 Å². The Morgan fingerprint density at radius 2 is 2.12 bits per heavy atom. The molecule has 0 unspecified atom stereocenters. The summed E-state index contributed by atoms with van der Waals surface area (Å²) in [6, 6.07) is 12.0. The molecule has 130 valence electrons. The Morgan fingerprint density at radius 1 is 1.23 bits per heavy atom. The van der Waals surface area contributed by atoms with Crippen LogP contribution < -0.4 is 10.1 Å². The molecule has 1 aliphatic heterocycles. The van der Waals surface area contributed by atoms with Crippen LogP contribution >= 0.6 is 0 Å². The van der Waals surface area contributed by atoms with Crippen molar-refractivity contribution in [3.8, 4) is 5.75 Å². The number of aromatic nitrogens is 1. The third-order valence-corrected chi connectivity index (χ3v) is 4.01. The van der Waals surface area contributed by atoms with Crippen LogP contribution in [0, 0.1) is 5.82 Å². The van der Waals surface area contributed by atoms with E-state index in [4.69, 9.17) is 9.47 Å². The van der Waals surface area contributed by atoms with E-state index in [0.29, 0.717) is 28.1 Å². The zero-order valence-corrected chi connectivity index (χ0v) is 13.7. The largest absolute Gasteiger partial charge is 0.467 e. The van der Waals surface area contributed by atoms with Crippen LogP contribution in [-0.2, 0) is 16.1 Å². The Kier molecular flexibility index (Phi) is 4.33. The fourth-order valence-corrected chi connectivity index (χ4v) is 2.88. The van der Waals surface area contributed by atoms with Gasteiger partial charge in [-0.25, -0.2) is 4.39 Å². The highest BCUT2D eigenvalue weighted by atomic mass is 19.1. The smallest absolute Gasteiger partial charge is 0.248 e. The molecule has 1 aromatic heterocycles. The summed E-state index contributed by atoms with van der Waals surface area (Å²) in [5.41, 5.74) is 2.44. The van der Waals surface area contributed by atoms with Crippen LogP contribution in [0.25, 0.3) is 17.0 Å². The van der Waals surface area contributed by atoms with E-state index in [1.54, 1.807) is 12.3 Å². The van der Waals surface area contributed by atoms with Gasteiger partial charge in [0.05, 0.1) is 17.8 Å². The number of benzene rings is 2. The first-order valence-electron chi connectivity index (χ1n) is 8.06. The molecule has 5 nitrogen and oxygen atoms in total. The molecule has 1 N–H and O–H groups in total. The van der Waals surface area contributed by atoms with Gasteiger partial charge in [-0.2, -0.15) is 0 Å². The number of nitrogens with zero attached hydrogens (tertiary/aromatic N) is 1. The summed E-state index contributed by atoms with van der Waals surface area (Å²) in [6.45, 7) is 0.384. The molecule has 0 aliphatic carbocycles. The van der Waals surface area contributed by atoms with Crippen molar-refractivity contribution < 1.29 is 18.7 Å². The number of carbonyl (C=O) groups excluding carboxylic acids is 1. The first-order chi connectivity index (χ1) is 12.7. The molecule has 6 heteroatoms. The third-order valence-electron chi connectivity index (χ3n) is 4.01. The SMILES string of the molecule is O=C(/C=C/c1cc(F)cc2c1OCOC2)Nc1cccc2cccnc12. The lowest BCUT2D eigenvalue weighted by atomic mass is 10.1. The number of anilines is 1. The number of amides is 1. The summed E-state index contributed by atoms with van der Waals surface area (Å²) in [7, 11) is 0. The maximum Gasteiger partial charge on any atom is 0.248 e. The topological polar surface area (TPSA) is 60.5 Å². The van der Waals surface area contributed by atoms with E-state index in [1.807, 2.05) is 24.3 Å². The van der Waals surface area contributed by atoms with Gasteiger partial charge in [0.15, 0.2) is 6.79 Å². The highest BCUT2D eigenvalue weighted by molar-refractivity contribution is 6.06. The molecule has 0 spiro atoms. The highest BCUT2D eigenvalue weighted by Gasteiger charge is 2.15. The van der Waals surface area contributed by atoms with Gasteiger partial charge in [-0.15, -0.1) is 0 Å². The maximum atomic E-state index is 13.7. The number of para-hydroxylation sites is 1. The number of hydrogen-bond acceptors (Lipinski definition) is 4. The number of fused-ring (bicyclic) bond motifs is 2. The minimum Gasteiger partial charge on any atom is -0.467 e. The monoisotopic (exact) mass is 350 g/mol. The number of rotatable bonds is 3. The van der Waals surface area contributed by atoms with Gasteiger partial charge in [-0.3, -0.25) is 9.78 Å². The molecule has 0 saturated carbocycles. The third kappa shape index (κ3) is 3.27. The van der Waals surface area contributed by atoms with Crippen LogP contribution in [-0.4, -0.2) is 17.7 Å². The zero-order valence-electron chi connectivity index (χ0n) is 13.7. The van der Waals surface area contributed by atoms with E-state index in [-0.39, 0.29) is 19.3 Å². The number of carbonyl (C=O) groups is 1. The standard InChI is InChI=1S/C20H15FN2O3/c21-16-9-14(20-15(10-16)11-25-12-26-20)6-7-18(24)23-17-5-1-3-13-4-2-8-22-19(13)17/h1-10H,11-12H2,(H,23,24)/b7-6+. The molecule has 2 aromatic carbocycles. The predicted octanol–water partition coefficient (Wildman–Crippen LogP) is 3.89. The van der Waals surface area contributed by atoms with Crippen LogP contribution in [0.15, 0.2) is 54.7 Å². The Balaban J connectivity index is 1.58. The fourth-order valence-electron chi connectivity index (χ4n) is 2.88. The molecule has 26 heavy (non-hydrogen) atoms. The van der Waals surface area contributed by atoms with Crippen molar-refractivity contribution in [2.45, 2.75) is 6.61 Å². The van der Waals surface area contributed by atoms with Crippen LogP contribution in [0.3, 0.4) is 0 Å². The lowest BCUT2D eigenvalue weighted by molar-refractivity contribution is -0.111. The number of nitrogens with one attached hydrogen (secondary N) is 1. The Hall–Kier alpha value is -3.25. The Bertz CT molecular complexity index is 1010. The van der Waals surface area contributed by atoms with Crippen LogP contribution in [0.1, 0.15) is 11.1 Å². The van der Waals surface area contributed by atoms with Crippen molar-refractivity contribution in [2.24, 2.45) is 0 Å². The number of ether oxygens (including phenoxy) is 2. The molecule has 2 heterocycles. The molecule has 0 fully saturated rings. The molecule has 4 rings (SSSR count). The second kappa shape index (κ2) is 6.93. The van der Waals surface area contributed by atoms with Gasteiger partial charge in [0, 0.05) is 28.8 Å². The molecular formula is C20H15FN2O3. The number of halogens is 1. The summed E-state index contributed by atoms with van der Waals surface area (Å²) in [5, 5.41) is 3.73. The lowest BCUT2D eigenvalue weighted by Gasteiger charge is -2.19. The van der Waals surface area contributed by atoms with Crippen molar-refractivity contribution in [3.63, 3.8) is 0 Å². The van der Waals surface area contributed by atoms with Crippen LogP contribution in [0.4, 0.5) is 10.1 Å². The molecule has 0 radical (unpaired) electrons. The average Bonchev–Trinajstić information content (AvgIpc) is 2.66. The zero-order chi connectivity index (χ0) is 17.9.